The van der Waals surface area contributed by atoms with Crippen molar-refractivity contribution in [1.29, 1.82) is 0 Å². The van der Waals surface area contributed by atoms with Gasteiger partial charge >= 0.3 is 23.9 Å². The molecule has 12 atom stereocenters. The molecule has 0 aliphatic carbocycles. The van der Waals surface area contributed by atoms with E-state index in [2.05, 4.69) is 19.6 Å². The van der Waals surface area contributed by atoms with Crippen molar-refractivity contribution in [1.82, 2.24) is 19.6 Å². The first kappa shape index (κ1) is 59.4. The van der Waals surface area contributed by atoms with E-state index in [1.807, 2.05) is 0 Å². The van der Waals surface area contributed by atoms with Gasteiger partial charge in [0.15, 0.2) is 41.3 Å². The first-order valence-corrected chi connectivity index (χ1v) is 30.6. The second-order valence-electron chi connectivity index (χ2n) is 24.3. The summed E-state index contributed by atoms with van der Waals surface area (Å²) in [5, 5.41) is 48.4. The molecule has 0 saturated carbocycles. The summed E-state index contributed by atoms with van der Waals surface area (Å²) >= 11 is 0. The van der Waals surface area contributed by atoms with Crippen LogP contribution in [0.2, 0.25) is 0 Å². The van der Waals surface area contributed by atoms with Crippen molar-refractivity contribution in [2.24, 2.45) is 0 Å². The lowest BCUT2D eigenvalue weighted by atomic mass is 9.77. The van der Waals surface area contributed by atoms with Gasteiger partial charge in [-0.1, -0.05) is 37.8 Å². The predicted octanol–water partition coefficient (Wildman–Crippen LogP) is 7.51. The number of methoxy groups -OCH3 is 1. The fourth-order valence-corrected chi connectivity index (χ4v) is 15.5. The number of Topliss-reactive ketones (excluding diaryl/α,β-unsaturated/α-hetero) is 1. The van der Waals surface area contributed by atoms with Gasteiger partial charge in [0.25, 0.3) is 0 Å². The van der Waals surface area contributed by atoms with Crippen LogP contribution in [-0.4, -0.2) is 174 Å². The molecule has 0 bridgehead atoms. The monoisotopic (exact) mass is 1180 g/mol. The Labute approximate surface area is 493 Å². The number of carbonyl (C=O) groups is 7. The molecule has 2 amide bonds. The fraction of sp³-hybridized carbons (Fsp3) is 0.603. The number of carboxylic acids is 2. The Morgan fingerprint density at radius 2 is 1.07 bits per heavy atom. The summed E-state index contributed by atoms with van der Waals surface area (Å²) in [7, 11) is 1.34. The summed E-state index contributed by atoms with van der Waals surface area (Å²) in [6, 6.07) is 16.3. The Morgan fingerprint density at radius 3 is 1.66 bits per heavy atom. The van der Waals surface area contributed by atoms with Crippen LogP contribution < -0.4 is 18.9 Å². The number of nitrogens with zero attached hydrogens (tertiary/aromatic N) is 4. The van der Waals surface area contributed by atoms with E-state index in [1.165, 1.54) is 133 Å². The number of ketones is 1. The Balaban J connectivity index is 0.000000166. The number of carbonyl (C=O) groups excluding carboxylic acids is 5. The smallest absolute Gasteiger partial charge is 0.307 e. The van der Waals surface area contributed by atoms with Gasteiger partial charge in [-0.3, -0.25) is 43.4 Å². The van der Waals surface area contributed by atoms with Crippen molar-refractivity contribution in [3.8, 4) is 40.2 Å². The average molecular weight is 1180 g/mol. The normalized spacial score (nSPS) is 29.9. The molecule has 5 N–H and O–H groups in total. The lowest BCUT2D eigenvalue weighted by Crippen LogP contribution is -2.70. The van der Waals surface area contributed by atoms with Crippen molar-refractivity contribution in [3.05, 3.63) is 65.2 Å². The van der Waals surface area contributed by atoms with Gasteiger partial charge in [-0.25, -0.2) is 0 Å². The maximum Gasteiger partial charge on any atom is 0.307 e. The Morgan fingerprint density at radius 1 is 0.541 bits per heavy atom. The summed E-state index contributed by atoms with van der Waals surface area (Å²) in [6.07, 6.45) is 15.9. The number of carboxylic acid groups (broad SMARTS) is 2. The van der Waals surface area contributed by atoms with Crippen molar-refractivity contribution in [2.45, 2.75) is 214 Å². The number of fused-ring (bicyclic) bond motifs is 6. The molecule has 13 rings (SSSR count). The quantitative estimate of drug-likeness (QED) is 0.110. The van der Waals surface area contributed by atoms with Crippen molar-refractivity contribution in [2.75, 3.05) is 26.8 Å². The van der Waals surface area contributed by atoms with Gasteiger partial charge in [0.1, 0.15) is 29.4 Å². The molecule has 22 heteroatoms. The number of aliphatic carboxylic acids is 2. The van der Waals surface area contributed by atoms with Crippen LogP contribution in [0.15, 0.2) is 48.5 Å². The first-order chi connectivity index (χ1) is 41.0. The molecule has 8 saturated heterocycles. The molecule has 0 spiro atoms. The number of piperazine rings is 2. The minimum absolute atomic E-state index is 0.0968. The second kappa shape index (κ2) is 25.7. The minimum Gasteiger partial charge on any atom is -0.508 e. The molecule has 85 heavy (non-hydrogen) atoms. The number of aromatic hydroxyl groups is 3. The van der Waals surface area contributed by atoms with E-state index < -0.39 is 84.8 Å². The van der Waals surface area contributed by atoms with E-state index in [-0.39, 0.29) is 52.9 Å². The van der Waals surface area contributed by atoms with Gasteiger partial charge in [0.2, 0.25) is 23.7 Å². The van der Waals surface area contributed by atoms with E-state index in [1.54, 1.807) is 0 Å². The first-order valence-electron chi connectivity index (χ1n) is 30.6. The molecule has 3 aromatic rings. The number of phenolic OH excluding ortho intramolecular Hbond substituents is 3. The van der Waals surface area contributed by atoms with Gasteiger partial charge in [-0.05, 0) is 101 Å². The number of hydrogen-bond acceptors (Lipinski definition) is 18. The van der Waals surface area contributed by atoms with Crippen LogP contribution in [-0.2, 0) is 38.2 Å². The zero-order chi connectivity index (χ0) is 59.6. The molecule has 10 aliphatic rings. The number of hydrogen-bond donors (Lipinski definition) is 5. The Bertz CT molecular complexity index is 2960. The largest absolute Gasteiger partial charge is 0.508 e. The van der Waals surface area contributed by atoms with Crippen molar-refractivity contribution >= 4 is 41.5 Å². The number of rotatable bonds is 12. The predicted molar refractivity (Wildman–Crippen MR) is 301 cm³/mol. The molecule has 8 fully saturated rings. The SMILES string of the molecule is COc1cc(C2Oc3cc(C4Oc5cc(O)cc(O)c5C(=O)C4OC(=O)CCC(=O)O)ccc3OC2COC(=O)CCC(=O)O)ccc1O.O=C1CCCC2C3CCCC4CCCC(CN12)N43.O=C1CCCC2C3CCCC4CCCC(CN12)N43. The van der Waals surface area contributed by atoms with Gasteiger partial charge in [-0.2, -0.15) is 0 Å². The maximum absolute atomic E-state index is 13.6. The number of benzene rings is 3. The summed E-state index contributed by atoms with van der Waals surface area (Å²) in [5.74, 6) is -5.29. The standard InChI is InChI=1S/C33H30O16.2C15H24N2O/c1-44-21-10-15(2-4-18(21)35)31-24(14-45-27(41)8-6-25(37)38)46-20-5-3-16(11-22(20)47-31)32-33(49-28(42)9-7-26(39)40)30(43)29-19(36)12-17(34)13-23(29)48-32;2*18-15-9-3-7-13-14-8-2-5-11-4-1-6-12(17(11)14)10-16(13)15/h2-5,10-13,24,31-36H,6-9,14H2,1H3,(H,37,38)(H,39,40);2*11-14H,1-10H2. The summed E-state index contributed by atoms with van der Waals surface area (Å²) in [6.45, 7) is 1.72. The number of piperidine rings is 6. The highest BCUT2D eigenvalue weighted by Crippen LogP contribution is 2.48. The fourth-order valence-electron chi connectivity index (χ4n) is 15.5. The van der Waals surface area contributed by atoms with E-state index >= 15 is 0 Å². The topological polar surface area (TPSA) is 289 Å². The van der Waals surface area contributed by atoms with Crippen molar-refractivity contribution < 1.29 is 87.5 Å². The van der Waals surface area contributed by atoms with Crippen LogP contribution in [0, 0.1) is 0 Å². The van der Waals surface area contributed by atoms with Crippen LogP contribution in [0.3, 0.4) is 0 Å². The number of phenols is 3. The molecule has 12 unspecified atom stereocenters. The molecule has 10 heterocycles. The molecular weight excluding hydrogens is 1100 g/mol. The molecule has 3 aromatic carbocycles. The highest BCUT2D eigenvalue weighted by molar-refractivity contribution is 6.06. The molecule has 458 valence electrons. The lowest BCUT2D eigenvalue weighted by molar-refractivity contribution is -0.154. The molecule has 0 radical (unpaired) electrons. The molecule has 0 aromatic heterocycles. The third-order valence-corrected chi connectivity index (χ3v) is 19.2. The number of ether oxygens (including phenoxy) is 6. The van der Waals surface area contributed by atoms with Crippen LogP contribution in [0.5, 0.6) is 40.2 Å². The van der Waals surface area contributed by atoms with E-state index in [4.69, 9.17) is 38.6 Å². The van der Waals surface area contributed by atoms with Gasteiger partial charge in [-0.15, -0.1) is 0 Å². The number of esters is 2. The zero-order valence-corrected chi connectivity index (χ0v) is 48.1. The molecular formula is C63H78N4O18. The summed E-state index contributed by atoms with van der Waals surface area (Å²) in [5.41, 5.74) is 0.275. The molecule has 22 nitrogen and oxygen atoms in total. The van der Waals surface area contributed by atoms with Crippen LogP contribution in [0.25, 0.3) is 0 Å². The zero-order valence-electron chi connectivity index (χ0n) is 48.1. The Hall–Kier alpha value is -7.33. The Kier molecular flexibility index (Phi) is 18.0. The average Bonchev–Trinajstić information content (AvgIpc) is 2.82. The van der Waals surface area contributed by atoms with Gasteiger partial charge < -0.3 is 63.8 Å². The number of amides is 2. The lowest BCUT2D eigenvalue weighted by Gasteiger charge is -2.59. The van der Waals surface area contributed by atoms with Crippen molar-refractivity contribution in [3.63, 3.8) is 0 Å². The molecule has 10 aliphatic heterocycles. The maximum atomic E-state index is 13.6. The van der Waals surface area contributed by atoms with Gasteiger partial charge in [0.05, 0.1) is 32.8 Å². The van der Waals surface area contributed by atoms with E-state index in [9.17, 15) is 48.9 Å². The van der Waals surface area contributed by atoms with Gasteiger partial charge in [0, 0.05) is 97.5 Å². The van der Waals surface area contributed by atoms with E-state index in [0.29, 0.717) is 53.6 Å². The van der Waals surface area contributed by atoms with Crippen LogP contribution in [0.4, 0.5) is 0 Å². The highest BCUT2D eigenvalue weighted by Gasteiger charge is 2.51. The second-order valence-corrected chi connectivity index (χ2v) is 24.3. The van der Waals surface area contributed by atoms with E-state index in [0.717, 1.165) is 63.0 Å². The van der Waals surface area contributed by atoms with Crippen LogP contribution >= 0.6 is 0 Å². The van der Waals surface area contributed by atoms with Crippen LogP contribution in [0.1, 0.15) is 175 Å². The summed E-state index contributed by atoms with van der Waals surface area (Å²) < 4.78 is 34.3. The summed E-state index contributed by atoms with van der Waals surface area (Å²) in [4.78, 5) is 94.9. The minimum atomic E-state index is -1.69. The third-order valence-electron chi connectivity index (χ3n) is 19.2. The third kappa shape index (κ3) is 12.7. The highest BCUT2D eigenvalue weighted by atomic mass is 16.6.